The van der Waals surface area contributed by atoms with Gasteiger partial charge in [0.1, 0.15) is 0 Å². The largest absolute Gasteiger partial charge is 0.456 e. The van der Waals surface area contributed by atoms with Crippen molar-refractivity contribution >= 4 is 38.6 Å². The van der Waals surface area contributed by atoms with Crippen LogP contribution < -0.4 is 0 Å². The molecule has 84 valence electrons. The third-order valence-electron chi connectivity index (χ3n) is 2.53. The highest BCUT2D eigenvalue weighted by atomic mass is 79.9. The summed E-state index contributed by atoms with van der Waals surface area (Å²) >= 11 is 7.28. The average molecular weight is 342 g/mol. The number of rotatable bonds is 10. The molecule has 0 nitrogen and oxygen atoms in total. The van der Waals surface area contributed by atoms with Crippen molar-refractivity contribution in [3.8, 4) is 0 Å². The minimum atomic E-state index is -0.620. The first-order chi connectivity index (χ1) is 6.77. The summed E-state index contributed by atoms with van der Waals surface area (Å²) in [4.78, 5) is 0. The molecular weight excluding hydrogens is 319 g/mol. The van der Waals surface area contributed by atoms with Crippen LogP contribution in [0.5, 0.6) is 0 Å². The van der Waals surface area contributed by atoms with Gasteiger partial charge in [0.05, 0.1) is 0 Å². The van der Waals surface area contributed by atoms with Crippen molar-refractivity contribution in [3.63, 3.8) is 0 Å². The molecule has 0 aliphatic heterocycles. The number of halogens is 2. The van der Waals surface area contributed by atoms with Crippen LogP contribution in [0.25, 0.3) is 0 Å². The van der Waals surface area contributed by atoms with Gasteiger partial charge in [0, 0.05) is 0 Å². The van der Waals surface area contributed by atoms with Crippen molar-refractivity contribution in [1.29, 1.82) is 0 Å². The molecule has 0 aromatic heterocycles. The SMILES string of the molecule is CCCCCCCCCC[CH2][Al]([Br])[Br]. The van der Waals surface area contributed by atoms with Crippen LogP contribution in [-0.4, -0.2) is 10.5 Å². The highest BCUT2D eigenvalue weighted by Crippen LogP contribution is 2.15. The molecule has 0 heterocycles. The van der Waals surface area contributed by atoms with E-state index in [1.54, 1.807) is 0 Å². The molecule has 0 aromatic rings. The van der Waals surface area contributed by atoms with Crippen molar-refractivity contribution in [2.24, 2.45) is 0 Å². The van der Waals surface area contributed by atoms with E-state index in [2.05, 4.69) is 35.0 Å². The molecule has 0 unspecified atom stereocenters. The lowest BCUT2D eigenvalue weighted by Crippen LogP contribution is -1.89. The van der Waals surface area contributed by atoms with E-state index in [-0.39, 0.29) is 0 Å². The second-order valence-corrected chi connectivity index (χ2v) is 15.7. The Bertz CT molecular complexity index is 107. The summed E-state index contributed by atoms with van der Waals surface area (Å²) in [5, 5.41) is 1.40. The van der Waals surface area contributed by atoms with E-state index >= 15 is 0 Å². The van der Waals surface area contributed by atoms with Crippen LogP contribution in [0.15, 0.2) is 0 Å². The molecule has 0 radical (unpaired) electrons. The van der Waals surface area contributed by atoms with Gasteiger partial charge in [-0.05, 0) is 0 Å². The summed E-state index contributed by atoms with van der Waals surface area (Å²) < 4.78 is 0. The Morgan fingerprint density at radius 1 is 0.714 bits per heavy atom. The van der Waals surface area contributed by atoms with E-state index in [1.165, 1.54) is 63.1 Å². The molecule has 0 rings (SSSR count). The number of hydrogen-bond donors (Lipinski definition) is 0. The summed E-state index contributed by atoms with van der Waals surface area (Å²) in [5.74, 6) is 0. The molecule has 0 aliphatic carbocycles. The molecule has 0 fully saturated rings. The van der Waals surface area contributed by atoms with Crippen molar-refractivity contribution in [2.75, 3.05) is 0 Å². The summed E-state index contributed by atoms with van der Waals surface area (Å²) in [6.07, 6.45) is 12.9. The van der Waals surface area contributed by atoms with Gasteiger partial charge in [-0.15, -0.1) is 0 Å². The van der Waals surface area contributed by atoms with Gasteiger partial charge in [-0.2, -0.15) is 28.1 Å². The van der Waals surface area contributed by atoms with E-state index in [0.29, 0.717) is 0 Å². The lowest BCUT2D eigenvalue weighted by atomic mass is 10.1. The summed E-state index contributed by atoms with van der Waals surface area (Å²) in [5.41, 5.74) is 0. The van der Waals surface area contributed by atoms with Crippen LogP contribution in [0.3, 0.4) is 0 Å². The molecule has 0 amide bonds. The first-order valence-corrected chi connectivity index (χ1v) is 13.2. The van der Waals surface area contributed by atoms with Crippen molar-refractivity contribution in [3.05, 3.63) is 0 Å². The molecular formula is C11H23AlBr2. The Balaban J connectivity index is 2.85. The van der Waals surface area contributed by atoms with Crippen LogP contribution in [0.2, 0.25) is 5.28 Å². The van der Waals surface area contributed by atoms with Gasteiger partial charge in [-0.1, -0.05) is 70.0 Å². The molecule has 0 spiro atoms. The maximum Gasteiger partial charge on any atom is 0.456 e. The third kappa shape index (κ3) is 13.5. The molecule has 0 aliphatic rings. The van der Waals surface area contributed by atoms with Gasteiger partial charge >= 0.3 is 10.5 Å². The van der Waals surface area contributed by atoms with Gasteiger partial charge in [-0.25, -0.2) is 0 Å². The van der Waals surface area contributed by atoms with Crippen LogP contribution in [0.1, 0.15) is 64.7 Å². The topological polar surface area (TPSA) is 0 Å². The van der Waals surface area contributed by atoms with Crippen LogP contribution in [0.4, 0.5) is 0 Å². The predicted molar refractivity (Wildman–Crippen MR) is 75.6 cm³/mol. The monoisotopic (exact) mass is 340 g/mol. The van der Waals surface area contributed by atoms with Crippen molar-refractivity contribution in [1.82, 2.24) is 0 Å². The van der Waals surface area contributed by atoms with Crippen LogP contribution in [-0.2, 0) is 0 Å². The minimum absolute atomic E-state index is 0.620. The number of unbranched alkanes of at least 4 members (excludes halogenated alkanes) is 8. The lowest BCUT2D eigenvalue weighted by Gasteiger charge is -2.01. The predicted octanol–water partition coefficient (Wildman–Crippen LogP) is 5.80. The minimum Gasteiger partial charge on any atom is -0.197 e. The fraction of sp³-hybridized carbons (Fsp3) is 1.00. The van der Waals surface area contributed by atoms with E-state index < -0.39 is 10.5 Å². The van der Waals surface area contributed by atoms with Crippen molar-refractivity contribution in [2.45, 2.75) is 70.0 Å². The molecule has 0 atom stereocenters. The zero-order valence-electron chi connectivity index (χ0n) is 9.40. The molecule has 3 heteroatoms. The second-order valence-electron chi connectivity index (χ2n) is 4.01. The molecule has 0 bridgehead atoms. The Kier molecular flexibility index (Phi) is 13.9. The highest BCUT2D eigenvalue weighted by molar-refractivity contribution is 9.49. The normalized spacial score (nSPS) is 10.5. The fourth-order valence-electron chi connectivity index (χ4n) is 1.61. The molecule has 0 N–H and O–H groups in total. The summed E-state index contributed by atoms with van der Waals surface area (Å²) in [7, 11) is -0.620. The number of hydrogen-bond acceptors (Lipinski definition) is 0. The van der Waals surface area contributed by atoms with Gasteiger partial charge in [0.25, 0.3) is 0 Å². The van der Waals surface area contributed by atoms with Gasteiger partial charge in [-0.3, -0.25) is 0 Å². The summed E-state index contributed by atoms with van der Waals surface area (Å²) in [6, 6.07) is 0. The van der Waals surface area contributed by atoms with Gasteiger partial charge < -0.3 is 0 Å². The molecule has 14 heavy (non-hydrogen) atoms. The van der Waals surface area contributed by atoms with Crippen LogP contribution >= 0.6 is 28.1 Å². The Labute approximate surface area is 108 Å². The second kappa shape index (κ2) is 12.6. The first kappa shape index (κ1) is 15.5. The van der Waals surface area contributed by atoms with E-state index in [0.717, 1.165) is 0 Å². The fourth-order valence-corrected chi connectivity index (χ4v) is 4.15. The Morgan fingerprint density at radius 3 is 1.57 bits per heavy atom. The van der Waals surface area contributed by atoms with E-state index in [1.807, 2.05) is 0 Å². The lowest BCUT2D eigenvalue weighted by molar-refractivity contribution is 0.572. The van der Waals surface area contributed by atoms with Crippen LogP contribution in [0, 0.1) is 0 Å². The standard InChI is InChI=1S/C11H23.Al.2BrH/c1-3-5-7-9-11-10-8-6-4-2;;;/h1,3-11H2,2H3;;2*1H/q;+2;;/p-2. The molecule has 0 saturated carbocycles. The van der Waals surface area contributed by atoms with E-state index in [4.69, 9.17) is 0 Å². The Morgan fingerprint density at radius 2 is 1.14 bits per heavy atom. The molecule has 0 saturated heterocycles. The zero-order valence-corrected chi connectivity index (χ0v) is 13.7. The quantitative estimate of drug-likeness (QED) is 0.348. The smallest absolute Gasteiger partial charge is 0.197 e. The first-order valence-electron chi connectivity index (χ1n) is 6.05. The van der Waals surface area contributed by atoms with E-state index in [9.17, 15) is 0 Å². The maximum atomic E-state index is 3.64. The summed E-state index contributed by atoms with van der Waals surface area (Å²) in [6.45, 7) is 2.28. The maximum absolute atomic E-state index is 3.64. The van der Waals surface area contributed by atoms with Gasteiger partial charge in [0.2, 0.25) is 0 Å². The average Bonchev–Trinajstić information content (AvgIpc) is 2.15. The third-order valence-corrected chi connectivity index (χ3v) is 6.12. The Hall–Kier alpha value is 1.49. The zero-order chi connectivity index (χ0) is 10.6. The molecule has 0 aromatic carbocycles. The van der Waals surface area contributed by atoms with Crippen molar-refractivity contribution < 1.29 is 0 Å². The van der Waals surface area contributed by atoms with Gasteiger partial charge in [0.15, 0.2) is 0 Å². The highest BCUT2D eigenvalue weighted by Gasteiger charge is 2.06.